The summed E-state index contributed by atoms with van der Waals surface area (Å²) in [5.41, 5.74) is 0. The Morgan fingerprint density at radius 1 is 1.60 bits per heavy atom. The molecule has 0 radical (unpaired) electrons. The van der Waals surface area contributed by atoms with Gasteiger partial charge in [0.1, 0.15) is 9.77 Å². The Hall–Kier alpha value is -0.290. The van der Waals surface area contributed by atoms with Crippen molar-refractivity contribution in [3.63, 3.8) is 0 Å². The van der Waals surface area contributed by atoms with E-state index in [0.29, 0.717) is 6.42 Å². The molecule has 0 amide bonds. The summed E-state index contributed by atoms with van der Waals surface area (Å²) in [7, 11) is -4.78. The van der Waals surface area contributed by atoms with E-state index < -0.39 is 26.8 Å². The van der Waals surface area contributed by atoms with Crippen LogP contribution in [0, 0.1) is 0 Å². The van der Waals surface area contributed by atoms with Crippen molar-refractivity contribution in [1.29, 1.82) is 0 Å². The smallest absolute Gasteiger partial charge is 0.345 e. The van der Waals surface area contributed by atoms with E-state index in [4.69, 9.17) is 5.11 Å². The molecule has 0 aliphatic carbocycles. The second-order valence-corrected chi connectivity index (χ2v) is 9.96. The molecule has 1 rings (SSSR count). The van der Waals surface area contributed by atoms with E-state index >= 15 is 0 Å². The fraction of sp³-hybridized carbons (Fsp3) is 0.500. The fourth-order valence-electron chi connectivity index (χ4n) is 1.28. The second kappa shape index (κ2) is 7.12. The third kappa shape index (κ3) is 4.62. The molecule has 0 saturated carbocycles. The first kappa shape index (κ1) is 17.8. The maximum absolute atomic E-state index is 12.0. The van der Waals surface area contributed by atoms with Crippen LogP contribution in [0.5, 0.6) is 0 Å². The number of halogens is 1. The topological polar surface area (TPSA) is 101 Å². The van der Waals surface area contributed by atoms with Gasteiger partial charge in [-0.1, -0.05) is 6.92 Å². The normalized spacial score (nSPS) is 14.9. The van der Waals surface area contributed by atoms with Crippen LogP contribution in [0.15, 0.2) is 14.7 Å². The van der Waals surface area contributed by atoms with Crippen molar-refractivity contribution >= 4 is 54.1 Å². The summed E-state index contributed by atoms with van der Waals surface area (Å²) in [4.78, 5) is 10.7. The highest BCUT2D eigenvalue weighted by molar-refractivity contribution is 9.11. The second-order valence-electron chi connectivity index (χ2n) is 4.05. The third-order valence-corrected chi connectivity index (χ3v) is 7.64. The van der Waals surface area contributed by atoms with Crippen LogP contribution >= 0.6 is 27.3 Å². The van der Waals surface area contributed by atoms with Crippen LogP contribution in [-0.4, -0.2) is 41.8 Å². The number of sulfonamides is 1. The molecule has 2 atom stereocenters. The van der Waals surface area contributed by atoms with Crippen molar-refractivity contribution in [2.75, 3.05) is 12.8 Å². The maximum atomic E-state index is 12.0. The van der Waals surface area contributed by atoms with Gasteiger partial charge in [0.15, 0.2) is 0 Å². The van der Waals surface area contributed by atoms with Gasteiger partial charge in [-0.2, -0.15) is 0 Å². The molecule has 1 aromatic rings. The monoisotopic (exact) mass is 403 g/mol. The highest BCUT2D eigenvalue weighted by Gasteiger charge is 2.23. The molecule has 1 aromatic heterocycles. The average molecular weight is 404 g/mol. The van der Waals surface area contributed by atoms with Crippen molar-refractivity contribution in [3.05, 3.63) is 14.7 Å². The number of rotatable bonds is 7. The standard InChI is InChI=1S/C10H14BrNO5S3/c1-6(19(2)15)3-4-12-20(16,17)8-5-7(10(13)14)18-9(8)11/h5-6,12H,3-4H2,1-2H3,(H,13,14). The Balaban J connectivity index is 2.79. The molecule has 2 unspecified atom stereocenters. The summed E-state index contributed by atoms with van der Waals surface area (Å²) in [6.07, 6.45) is 2.00. The quantitative estimate of drug-likeness (QED) is 0.720. The van der Waals surface area contributed by atoms with Gasteiger partial charge in [0.2, 0.25) is 10.0 Å². The summed E-state index contributed by atoms with van der Waals surface area (Å²) in [6.45, 7) is 1.92. The lowest BCUT2D eigenvalue weighted by Gasteiger charge is -2.09. The first-order chi connectivity index (χ1) is 9.15. The molecule has 0 bridgehead atoms. The molecule has 0 aliphatic heterocycles. The molecule has 0 aromatic carbocycles. The molecule has 0 saturated heterocycles. The van der Waals surface area contributed by atoms with Crippen LogP contribution in [0.1, 0.15) is 23.0 Å². The molecular weight excluding hydrogens is 390 g/mol. The van der Waals surface area contributed by atoms with Gasteiger partial charge in [-0.05, 0) is 28.4 Å². The zero-order valence-electron chi connectivity index (χ0n) is 10.8. The molecule has 2 N–H and O–H groups in total. The molecule has 114 valence electrons. The zero-order valence-corrected chi connectivity index (χ0v) is 14.8. The molecule has 0 aliphatic rings. The van der Waals surface area contributed by atoms with Crippen molar-refractivity contribution in [2.24, 2.45) is 0 Å². The molecule has 0 fully saturated rings. The van der Waals surface area contributed by atoms with E-state index in [1.54, 1.807) is 13.2 Å². The maximum Gasteiger partial charge on any atom is 0.345 e. The minimum atomic E-state index is -3.77. The van der Waals surface area contributed by atoms with E-state index in [9.17, 15) is 17.4 Å². The number of aromatic carboxylic acids is 1. The lowest BCUT2D eigenvalue weighted by atomic mass is 10.3. The van der Waals surface area contributed by atoms with Gasteiger partial charge in [-0.3, -0.25) is 4.21 Å². The minimum Gasteiger partial charge on any atom is -0.477 e. The number of carboxylic acids is 1. The zero-order chi connectivity index (χ0) is 15.5. The predicted octanol–water partition coefficient (Wildman–Crippen LogP) is 1.64. The highest BCUT2D eigenvalue weighted by atomic mass is 79.9. The van der Waals surface area contributed by atoms with E-state index in [0.717, 1.165) is 17.4 Å². The first-order valence-corrected chi connectivity index (χ1v) is 10.2. The summed E-state index contributed by atoms with van der Waals surface area (Å²) in [5, 5.41) is 8.73. The lowest BCUT2D eigenvalue weighted by molar-refractivity contribution is 0.0702. The van der Waals surface area contributed by atoms with Gasteiger partial charge in [0.05, 0.1) is 3.79 Å². The fourth-order valence-corrected chi connectivity index (χ4v) is 5.18. The first-order valence-electron chi connectivity index (χ1n) is 5.49. The number of hydrogen-bond donors (Lipinski definition) is 2. The van der Waals surface area contributed by atoms with Crippen LogP contribution in [-0.2, 0) is 20.8 Å². The number of nitrogens with one attached hydrogen (secondary N) is 1. The van der Waals surface area contributed by atoms with E-state index in [1.807, 2.05) is 0 Å². The van der Waals surface area contributed by atoms with E-state index in [-0.39, 0.29) is 25.4 Å². The van der Waals surface area contributed by atoms with Crippen molar-refractivity contribution in [3.8, 4) is 0 Å². The Kier molecular flexibility index (Phi) is 6.32. The Labute approximate surface area is 132 Å². The third-order valence-electron chi connectivity index (χ3n) is 2.57. The van der Waals surface area contributed by atoms with E-state index in [1.165, 1.54) is 0 Å². The number of carboxylic acid groups (broad SMARTS) is 1. The highest BCUT2D eigenvalue weighted by Crippen LogP contribution is 2.31. The van der Waals surface area contributed by atoms with Crippen molar-refractivity contribution < 1.29 is 22.5 Å². The number of thiophene rings is 1. The van der Waals surface area contributed by atoms with Crippen molar-refractivity contribution in [1.82, 2.24) is 4.72 Å². The Bertz CT molecular complexity index is 625. The summed E-state index contributed by atoms with van der Waals surface area (Å²) < 4.78 is 37.9. The summed E-state index contributed by atoms with van der Waals surface area (Å²) >= 11 is 3.90. The molecule has 10 heteroatoms. The van der Waals surface area contributed by atoms with Gasteiger partial charge < -0.3 is 5.11 Å². The summed E-state index contributed by atoms with van der Waals surface area (Å²) in [5.74, 6) is -1.17. The Morgan fingerprint density at radius 3 is 2.65 bits per heavy atom. The summed E-state index contributed by atoms with van der Waals surface area (Å²) in [6, 6.07) is 1.11. The van der Waals surface area contributed by atoms with Crippen LogP contribution in [0.4, 0.5) is 0 Å². The molecule has 6 nitrogen and oxygen atoms in total. The molecule has 0 spiro atoms. The van der Waals surface area contributed by atoms with Gasteiger partial charge in [0.25, 0.3) is 0 Å². The number of carbonyl (C=O) groups is 1. The minimum absolute atomic E-state index is 0.0553. The number of hydrogen-bond acceptors (Lipinski definition) is 5. The van der Waals surface area contributed by atoms with Gasteiger partial charge in [-0.15, -0.1) is 11.3 Å². The SMILES string of the molecule is CC(CCNS(=O)(=O)c1cc(C(=O)O)sc1Br)S(C)=O. The van der Waals surface area contributed by atoms with Crippen LogP contribution < -0.4 is 4.72 Å². The average Bonchev–Trinajstić information content (AvgIpc) is 2.71. The lowest BCUT2D eigenvalue weighted by Crippen LogP contribution is -2.27. The molecule has 20 heavy (non-hydrogen) atoms. The van der Waals surface area contributed by atoms with Gasteiger partial charge in [0, 0.05) is 28.9 Å². The van der Waals surface area contributed by atoms with Crippen molar-refractivity contribution in [2.45, 2.75) is 23.5 Å². The Morgan fingerprint density at radius 2 is 2.20 bits per heavy atom. The van der Waals surface area contributed by atoms with Gasteiger partial charge >= 0.3 is 5.97 Å². The predicted molar refractivity (Wildman–Crippen MR) is 82.3 cm³/mol. The molecular formula is C10H14BrNO5S3. The largest absolute Gasteiger partial charge is 0.477 e. The van der Waals surface area contributed by atoms with Crippen LogP contribution in [0.25, 0.3) is 0 Å². The van der Waals surface area contributed by atoms with Gasteiger partial charge in [-0.25, -0.2) is 17.9 Å². The van der Waals surface area contributed by atoms with E-state index in [2.05, 4.69) is 20.7 Å². The molecule has 1 heterocycles. The van der Waals surface area contributed by atoms with Crippen LogP contribution in [0.3, 0.4) is 0 Å². The van der Waals surface area contributed by atoms with Crippen LogP contribution in [0.2, 0.25) is 0 Å².